The van der Waals surface area contributed by atoms with E-state index in [4.69, 9.17) is 0 Å². The first-order chi connectivity index (χ1) is 15.9. The fraction of sp³-hybridized carbons (Fsp3) is 0.444. The summed E-state index contributed by atoms with van der Waals surface area (Å²) in [7, 11) is 0. The largest absolute Gasteiger partial charge is 0.341 e. The van der Waals surface area contributed by atoms with Crippen molar-refractivity contribution in [2.45, 2.75) is 65.5 Å². The van der Waals surface area contributed by atoms with E-state index in [-0.39, 0.29) is 17.7 Å². The van der Waals surface area contributed by atoms with Crippen LogP contribution in [0.1, 0.15) is 65.2 Å². The van der Waals surface area contributed by atoms with Crippen LogP contribution in [0.4, 0.5) is 5.69 Å². The average Bonchev–Trinajstić information content (AvgIpc) is 2.84. The molecule has 2 aliphatic heterocycles. The lowest BCUT2D eigenvalue weighted by molar-refractivity contribution is -0.137. The summed E-state index contributed by atoms with van der Waals surface area (Å²) in [6.07, 6.45) is 4.07. The Morgan fingerprint density at radius 1 is 0.970 bits per heavy atom. The zero-order chi connectivity index (χ0) is 23.5. The minimum absolute atomic E-state index is 0.0439. The highest BCUT2D eigenvalue weighted by Crippen LogP contribution is 2.30. The molecule has 2 heterocycles. The fourth-order valence-corrected chi connectivity index (χ4v) is 4.79. The van der Waals surface area contributed by atoms with Crippen molar-refractivity contribution < 1.29 is 14.4 Å². The summed E-state index contributed by atoms with van der Waals surface area (Å²) in [5.74, 6) is -0.116. The number of nitrogens with zero attached hydrogens (tertiary/aromatic N) is 2. The Bertz CT molecular complexity index is 1070. The van der Waals surface area contributed by atoms with Crippen LogP contribution in [0.5, 0.6) is 0 Å². The maximum absolute atomic E-state index is 13.8. The highest BCUT2D eigenvalue weighted by Gasteiger charge is 2.38. The molecule has 1 saturated heterocycles. The van der Waals surface area contributed by atoms with Gasteiger partial charge in [-0.25, -0.2) is 0 Å². The smallest absolute Gasteiger partial charge is 0.255 e. The molecule has 33 heavy (non-hydrogen) atoms. The van der Waals surface area contributed by atoms with Gasteiger partial charge in [0, 0.05) is 43.7 Å². The quantitative estimate of drug-likeness (QED) is 0.763. The lowest BCUT2D eigenvalue weighted by atomic mass is 9.91. The summed E-state index contributed by atoms with van der Waals surface area (Å²) in [5.41, 5.74) is 5.33. The number of carbonyl (C=O) groups is 3. The molecule has 2 aromatic rings. The molecule has 1 fully saturated rings. The third-order valence-corrected chi connectivity index (χ3v) is 6.78. The highest BCUT2D eigenvalue weighted by molar-refractivity contribution is 5.99. The molecule has 4 rings (SSSR count). The van der Waals surface area contributed by atoms with Crippen LogP contribution in [0.3, 0.4) is 0 Å². The number of anilines is 1. The minimum Gasteiger partial charge on any atom is -0.341 e. The van der Waals surface area contributed by atoms with Crippen LogP contribution < -0.4 is 5.32 Å². The first-order valence-corrected chi connectivity index (χ1v) is 12.0. The number of nitrogens with one attached hydrogen (secondary N) is 1. The van der Waals surface area contributed by atoms with Crippen LogP contribution in [0.2, 0.25) is 0 Å². The van der Waals surface area contributed by atoms with Crippen molar-refractivity contribution in [2.24, 2.45) is 0 Å². The Labute approximate surface area is 196 Å². The van der Waals surface area contributed by atoms with Crippen molar-refractivity contribution in [1.29, 1.82) is 0 Å². The second kappa shape index (κ2) is 9.77. The maximum atomic E-state index is 13.8. The van der Waals surface area contributed by atoms with E-state index in [0.717, 1.165) is 60.3 Å². The van der Waals surface area contributed by atoms with Gasteiger partial charge in [0.25, 0.3) is 5.91 Å². The van der Waals surface area contributed by atoms with Gasteiger partial charge in [-0.1, -0.05) is 30.7 Å². The van der Waals surface area contributed by atoms with Gasteiger partial charge in [0.1, 0.15) is 6.04 Å². The third-order valence-electron chi connectivity index (χ3n) is 6.78. The van der Waals surface area contributed by atoms with Crippen LogP contribution in [0, 0.1) is 13.8 Å². The van der Waals surface area contributed by atoms with E-state index in [1.165, 1.54) is 0 Å². The summed E-state index contributed by atoms with van der Waals surface area (Å²) in [4.78, 5) is 42.9. The van der Waals surface area contributed by atoms with Crippen LogP contribution >= 0.6 is 0 Å². The molecule has 0 aliphatic carbocycles. The number of aryl methyl sites for hydroxylation is 2. The molecule has 0 spiro atoms. The highest BCUT2D eigenvalue weighted by atomic mass is 16.2. The molecule has 0 aromatic heterocycles. The Morgan fingerprint density at radius 2 is 1.73 bits per heavy atom. The second-order valence-corrected chi connectivity index (χ2v) is 9.24. The van der Waals surface area contributed by atoms with Gasteiger partial charge < -0.3 is 15.1 Å². The van der Waals surface area contributed by atoms with Crippen molar-refractivity contribution in [2.75, 3.05) is 18.4 Å². The molecule has 2 aliphatic rings. The monoisotopic (exact) mass is 447 g/mol. The molecule has 0 unspecified atom stereocenters. The van der Waals surface area contributed by atoms with E-state index >= 15 is 0 Å². The molecular formula is C27H33N3O3. The number of hydrogen-bond donors (Lipinski definition) is 1. The molecule has 6 heteroatoms. The predicted molar refractivity (Wildman–Crippen MR) is 129 cm³/mol. The summed E-state index contributed by atoms with van der Waals surface area (Å²) in [6.45, 7) is 7.59. The number of amides is 3. The van der Waals surface area contributed by atoms with Crippen molar-refractivity contribution in [3.05, 3.63) is 64.2 Å². The van der Waals surface area contributed by atoms with Gasteiger partial charge in [-0.3, -0.25) is 14.4 Å². The number of likely N-dealkylation sites (tertiary alicyclic amines) is 1. The number of fused-ring (bicyclic) bond motifs is 1. The number of piperidine rings is 1. The zero-order valence-corrected chi connectivity index (χ0v) is 19.8. The molecule has 6 nitrogen and oxygen atoms in total. The number of benzene rings is 2. The topological polar surface area (TPSA) is 69.7 Å². The molecule has 0 saturated carbocycles. The SMILES string of the molecule is CCC(=O)Nc1ccc2c(c1)CN(C(=O)c1cc(C)ccc1C)[C@H](C(=O)N1CCCCC1)C2. The normalized spacial score (nSPS) is 18.0. The zero-order valence-electron chi connectivity index (χ0n) is 19.8. The molecule has 1 atom stereocenters. The maximum Gasteiger partial charge on any atom is 0.255 e. The van der Waals surface area contributed by atoms with Crippen LogP contribution in [-0.2, 0) is 22.6 Å². The van der Waals surface area contributed by atoms with E-state index in [2.05, 4.69) is 5.32 Å². The van der Waals surface area contributed by atoms with E-state index < -0.39 is 6.04 Å². The van der Waals surface area contributed by atoms with Crippen LogP contribution in [0.25, 0.3) is 0 Å². The second-order valence-electron chi connectivity index (χ2n) is 9.24. The van der Waals surface area contributed by atoms with Gasteiger partial charge in [-0.2, -0.15) is 0 Å². The Morgan fingerprint density at radius 3 is 2.45 bits per heavy atom. The van der Waals surface area contributed by atoms with Gasteiger partial charge in [0.15, 0.2) is 0 Å². The summed E-state index contributed by atoms with van der Waals surface area (Å²) in [6, 6.07) is 11.2. The number of rotatable bonds is 4. The fourth-order valence-electron chi connectivity index (χ4n) is 4.79. The van der Waals surface area contributed by atoms with Gasteiger partial charge in [-0.15, -0.1) is 0 Å². The van der Waals surface area contributed by atoms with E-state index in [0.29, 0.717) is 24.9 Å². The van der Waals surface area contributed by atoms with E-state index in [9.17, 15) is 14.4 Å². The Kier molecular flexibility index (Phi) is 6.82. The molecule has 0 radical (unpaired) electrons. The number of hydrogen-bond acceptors (Lipinski definition) is 3. The minimum atomic E-state index is -0.515. The van der Waals surface area contributed by atoms with Crippen LogP contribution in [0.15, 0.2) is 36.4 Å². The van der Waals surface area contributed by atoms with Crippen molar-refractivity contribution in [3.63, 3.8) is 0 Å². The molecule has 2 aromatic carbocycles. The van der Waals surface area contributed by atoms with Gasteiger partial charge in [-0.05, 0) is 68.0 Å². The molecule has 3 amide bonds. The molecule has 1 N–H and O–H groups in total. The van der Waals surface area contributed by atoms with Gasteiger partial charge in [0.05, 0.1) is 0 Å². The van der Waals surface area contributed by atoms with Crippen molar-refractivity contribution >= 4 is 23.4 Å². The Balaban J connectivity index is 1.69. The molecule has 0 bridgehead atoms. The lowest BCUT2D eigenvalue weighted by Gasteiger charge is -2.40. The third kappa shape index (κ3) is 4.95. The number of carbonyl (C=O) groups excluding carboxylic acids is 3. The van der Waals surface area contributed by atoms with E-state index in [1.807, 2.05) is 62.1 Å². The molecular weight excluding hydrogens is 414 g/mol. The van der Waals surface area contributed by atoms with Crippen molar-refractivity contribution in [1.82, 2.24) is 9.80 Å². The predicted octanol–water partition coefficient (Wildman–Crippen LogP) is 4.23. The standard InChI is InChI=1S/C27H33N3O3/c1-4-25(31)28-22-11-10-20-16-24(27(33)29-12-6-5-7-13-29)30(17-21(20)15-22)26(32)23-14-18(2)8-9-19(23)3/h8-11,14-15,24H,4-7,12-13,16-17H2,1-3H3,(H,28,31)/t24-/m0/s1. The van der Waals surface area contributed by atoms with Crippen molar-refractivity contribution in [3.8, 4) is 0 Å². The summed E-state index contributed by atoms with van der Waals surface area (Å²) in [5, 5.41) is 2.90. The Hall–Kier alpha value is -3.15. The van der Waals surface area contributed by atoms with Crippen LogP contribution in [-0.4, -0.2) is 46.7 Å². The van der Waals surface area contributed by atoms with E-state index in [1.54, 1.807) is 4.90 Å². The average molecular weight is 448 g/mol. The lowest BCUT2D eigenvalue weighted by Crippen LogP contribution is -2.54. The summed E-state index contributed by atoms with van der Waals surface area (Å²) >= 11 is 0. The summed E-state index contributed by atoms with van der Waals surface area (Å²) < 4.78 is 0. The molecule has 174 valence electrons. The first kappa shape index (κ1) is 23.0. The van der Waals surface area contributed by atoms with Gasteiger partial charge >= 0.3 is 0 Å². The first-order valence-electron chi connectivity index (χ1n) is 12.0. The van der Waals surface area contributed by atoms with Gasteiger partial charge in [0.2, 0.25) is 11.8 Å².